The highest BCUT2D eigenvalue weighted by Gasteiger charge is 2.27. The summed E-state index contributed by atoms with van der Waals surface area (Å²) in [4.78, 5) is 26.7. The van der Waals surface area contributed by atoms with E-state index < -0.39 is 5.60 Å². The van der Waals surface area contributed by atoms with Crippen LogP contribution in [0.15, 0.2) is 0 Å². The van der Waals surface area contributed by atoms with E-state index in [4.69, 9.17) is 9.47 Å². The summed E-state index contributed by atoms with van der Waals surface area (Å²) in [5.74, 6) is -0.0404. The molecule has 6 nitrogen and oxygen atoms in total. The van der Waals surface area contributed by atoms with Crippen LogP contribution in [-0.4, -0.2) is 67.3 Å². The van der Waals surface area contributed by atoms with Crippen molar-refractivity contribution < 1.29 is 19.1 Å². The maximum absolute atomic E-state index is 11.8. The first-order chi connectivity index (χ1) is 8.33. The fourth-order valence-electron chi connectivity index (χ4n) is 1.68. The van der Waals surface area contributed by atoms with Crippen LogP contribution in [0.5, 0.6) is 0 Å². The number of methoxy groups -OCH3 is 1. The Balaban J connectivity index is 2.39. The molecule has 0 saturated carbocycles. The molecule has 1 aliphatic rings. The number of hydrogen-bond acceptors (Lipinski definition) is 4. The van der Waals surface area contributed by atoms with Gasteiger partial charge in [0.1, 0.15) is 12.2 Å². The molecule has 1 rings (SSSR count). The zero-order valence-corrected chi connectivity index (χ0v) is 11.6. The Labute approximate surface area is 108 Å². The molecule has 0 bridgehead atoms. The topological polar surface area (TPSA) is 59.1 Å². The van der Waals surface area contributed by atoms with Crippen LogP contribution in [0.2, 0.25) is 0 Å². The summed E-state index contributed by atoms with van der Waals surface area (Å²) in [7, 11) is 1.49. The molecule has 0 atom stereocenters. The Morgan fingerprint density at radius 1 is 1.06 bits per heavy atom. The second-order valence-electron chi connectivity index (χ2n) is 5.28. The lowest BCUT2D eigenvalue weighted by molar-refractivity contribution is -0.136. The lowest BCUT2D eigenvalue weighted by Gasteiger charge is -2.35. The third kappa shape index (κ3) is 4.52. The Morgan fingerprint density at radius 3 is 2.00 bits per heavy atom. The number of piperazine rings is 1. The van der Waals surface area contributed by atoms with Crippen molar-refractivity contribution in [1.82, 2.24) is 9.80 Å². The molecule has 104 valence electrons. The van der Waals surface area contributed by atoms with Gasteiger partial charge in [0.25, 0.3) is 0 Å². The van der Waals surface area contributed by atoms with Crippen molar-refractivity contribution in [1.29, 1.82) is 0 Å². The average molecular weight is 258 g/mol. The van der Waals surface area contributed by atoms with Gasteiger partial charge < -0.3 is 19.3 Å². The van der Waals surface area contributed by atoms with Crippen LogP contribution in [0.25, 0.3) is 0 Å². The first-order valence-electron chi connectivity index (χ1n) is 6.08. The zero-order valence-electron chi connectivity index (χ0n) is 11.6. The smallest absolute Gasteiger partial charge is 0.410 e. The molecular formula is C12H22N2O4. The average Bonchev–Trinajstić information content (AvgIpc) is 2.27. The third-order valence-electron chi connectivity index (χ3n) is 2.55. The minimum Gasteiger partial charge on any atom is -0.444 e. The van der Waals surface area contributed by atoms with Crippen molar-refractivity contribution in [2.75, 3.05) is 39.9 Å². The van der Waals surface area contributed by atoms with E-state index in [0.29, 0.717) is 26.2 Å². The van der Waals surface area contributed by atoms with E-state index in [9.17, 15) is 9.59 Å². The van der Waals surface area contributed by atoms with Crippen molar-refractivity contribution in [3.05, 3.63) is 0 Å². The molecule has 0 aromatic carbocycles. The first kappa shape index (κ1) is 14.8. The number of hydrogen-bond donors (Lipinski definition) is 0. The number of nitrogens with zero attached hydrogens (tertiary/aromatic N) is 2. The van der Waals surface area contributed by atoms with Crippen molar-refractivity contribution in [3.8, 4) is 0 Å². The lowest BCUT2D eigenvalue weighted by Crippen LogP contribution is -2.52. The van der Waals surface area contributed by atoms with E-state index in [-0.39, 0.29) is 18.6 Å². The maximum atomic E-state index is 11.8. The van der Waals surface area contributed by atoms with Gasteiger partial charge in [0, 0.05) is 33.3 Å². The van der Waals surface area contributed by atoms with Gasteiger partial charge in [0.05, 0.1) is 0 Å². The van der Waals surface area contributed by atoms with Gasteiger partial charge in [-0.1, -0.05) is 0 Å². The number of carbonyl (C=O) groups is 2. The minimum absolute atomic E-state index is 0.0404. The predicted octanol–water partition coefficient (Wildman–Crippen LogP) is 0.712. The fourth-order valence-corrected chi connectivity index (χ4v) is 1.68. The van der Waals surface area contributed by atoms with Crippen molar-refractivity contribution >= 4 is 12.0 Å². The Bertz CT molecular complexity index is 304. The molecule has 2 amide bonds. The number of carbonyl (C=O) groups excluding carboxylic acids is 2. The summed E-state index contributed by atoms with van der Waals surface area (Å²) in [6.45, 7) is 7.67. The van der Waals surface area contributed by atoms with E-state index in [1.165, 1.54) is 7.11 Å². The SMILES string of the molecule is COCC(=O)N1CCN(C(=O)OC(C)(C)C)CC1. The third-order valence-corrected chi connectivity index (χ3v) is 2.55. The van der Waals surface area contributed by atoms with E-state index in [2.05, 4.69) is 0 Å². The molecule has 18 heavy (non-hydrogen) atoms. The highest BCUT2D eigenvalue weighted by molar-refractivity contribution is 5.78. The van der Waals surface area contributed by atoms with Gasteiger partial charge in [-0.2, -0.15) is 0 Å². The van der Waals surface area contributed by atoms with Gasteiger partial charge in [-0.15, -0.1) is 0 Å². The fraction of sp³-hybridized carbons (Fsp3) is 0.833. The van der Waals surface area contributed by atoms with Gasteiger partial charge in [0.2, 0.25) is 5.91 Å². The summed E-state index contributed by atoms with van der Waals surface area (Å²) in [6, 6.07) is 0. The summed E-state index contributed by atoms with van der Waals surface area (Å²) in [5, 5.41) is 0. The van der Waals surface area contributed by atoms with Crippen LogP contribution in [-0.2, 0) is 14.3 Å². The molecule has 1 heterocycles. The Morgan fingerprint density at radius 2 is 1.56 bits per heavy atom. The van der Waals surface area contributed by atoms with Crippen molar-refractivity contribution in [3.63, 3.8) is 0 Å². The molecular weight excluding hydrogens is 236 g/mol. The van der Waals surface area contributed by atoms with Gasteiger partial charge in [-0.25, -0.2) is 4.79 Å². The standard InChI is InChI=1S/C12H22N2O4/c1-12(2,3)18-11(16)14-7-5-13(6-8-14)10(15)9-17-4/h5-9H2,1-4H3. The van der Waals surface area contributed by atoms with Gasteiger partial charge in [0.15, 0.2) is 0 Å². The van der Waals surface area contributed by atoms with E-state index in [0.717, 1.165) is 0 Å². The molecule has 0 radical (unpaired) electrons. The van der Waals surface area contributed by atoms with Crippen LogP contribution >= 0.6 is 0 Å². The maximum Gasteiger partial charge on any atom is 0.410 e. The summed E-state index contributed by atoms with van der Waals surface area (Å²) in [5.41, 5.74) is -0.486. The van der Waals surface area contributed by atoms with Crippen molar-refractivity contribution in [2.45, 2.75) is 26.4 Å². The van der Waals surface area contributed by atoms with Gasteiger partial charge in [-0.3, -0.25) is 4.79 Å². The molecule has 1 saturated heterocycles. The monoisotopic (exact) mass is 258 g/mol. The first-order valence-corrected chi connectivity index (χ1v) is 6.08. The van der Waals surface area contributed by atoms with E-state index >= 15 is 0 Å². The van der Waals surface area contributed by atoms with Crippen LogP contribution in [0.3, 0.4) is 0 Å². The molecule has 1 aliphatic heterocycles. The molecule has 0 unspecified atom stereocenters. The largest absolute Gasteiger partial charge is 0.444 e. The number of ether oxygens (including phenoxy) is 2. The summed E-state index contributed by atoms with van der Waals surface area (Å²) in [6.07, 6.45) is -0.318. The van der Waals surface area contributed by atoms with Crippen LogP contribution in [0.1, 0.15) is 20.8 Å². The molecule has 0 aromatic heterocycles. The summed E-state index contributed by atoms with van der Waals surface area (Å²) >= 11 is 0. The minimum atomic E-state index is -0.486. The molecule has 0 spiro atoms. The lowest BCUT2D eigenvalue weighted by atomic mass is 10.2. The van der Waals surface area contributed by atoms with Gasteiger partial charge in [-0.05, 0) is 20.8 Å². The second-order valence-corrected chi connectivity index (χ2v) is 5.28. The van der Waals surface area contributed by atoms with E-state index in [1.807, 2.05) is 20.8 Å². The van der Waals surface area contributed by atoms with Crippen LogP contribution in [0, 0.1) is 0 Å². The van der Waals surface area contributed by atoms with Crippen molar-refractivity contribution in [2.24, 2.45) is 0 Å². The Kier molecular flexibility index (Phi) is 4.95. The van der Waals surface area contributed by atoms with Crippen LogP contribution in [0.4, 0.5) is 4.79 Å². The molecule has 6 heteroatoms. The molecule has 1 fully saturated rings. The quantitative estimate of drug-likeness (QED) is 0.732. The predicted molar refractivity (Wildman–Crippen MR) is 66.3 cm³/mol. The summed E-state index contributed by atoms with van der Waals surface area (Å²) < 4.78 is 10.1. The van der Waals surface area contributed by atoms with E-state index in [1.54, 1.807) is 9.80 Å². The highest BCUT2D eigenvalue weighted by Crippen LogP contribution is 2.11. The van der Waals surface area contributed by atoms with Gasteiger partial charge >= 0.3 is 6.09 Å². The number of rotatable bonds is 2. The Hall–Kier alpha value is -1.30. The molecule has 0 N–H and O–H groups in total. The molecule has 0 aliphatic carbocycles. The van der Waals surface area contributed by atoms with Crippen LogP contribution < -0.4 is 0 Å². The number of amides is 2. The highest BCUT2D eigenvalue weighted by atomic mass is 16.6. The second kappa shape index (κ2) is 6.04. The molecule has 0 aromatic rings. The zero-order chi connectivity index (χ0) is 13.8. The normalized spacial score (nSPS) is 16.7.